The van der Waals surface area contributed by atoms with Crippen LogP contribution in [0.3, 0.4) is 0 Å². The van der Waals surface area contributed by atoms with Gasteiger partial charge in [0.05, 0.1) is 17.5 Å². The zero-order chi connectivity index (χ0) is 14.9. The van der Waals surface area contributed by atoms with Crippen LogP contribution in [0.2, 0.25) is 5.15 Å². The Morgan fingerprint density at radius 3 is 2.55 bits per heavy atom. The van der Waals surface area contributed by atoms with Crippen LogP contribution in [0.15, 0.2) is 6.07 Å². The monoisotopic (exact) mass is 296 g/mol. The van der Waals surface area contributed by atoms with Gasteiger partial charge in [0, 0.05) is 31.3 Å². The van der Waals surface area contributed by atoms with E-state index >= 15 is 0 Å². The van der Waals surface area contributed by atoms with Crippen molar-refractivity contribution >= 4 is 11.6 Å². The Morgan fingerprint density at radius 2 is 2.05 bits per heavy atom. The number of hydrogen-bond donors (Lipinski definition) is 1. The predicted molar refractivity (Wildman–Crippen MR) is 78.9 cm³/mol. The molecule has 2 aromatic rings. The minimum absolute atomic E-state index is 0.493. The Morgan fingerprint density at radius 1 is 1.35 bits per heavy atom. The molecule has 0 saturated carbocycles. The van der Waals surface area contributed by atoms with E-state index in [2.05, 4.69) is 17.1 Å². The molecule has 1 N–H and O–H groups in total. The van der Waals surface area contributed by atoms with Crippen molar-refractivity contribution in [3.63, 3.8) is 0 Å². The minimum Gasteiger partial charge on any atom is -0.388 e. The Hall–Kier alpha value is -1.33. The second-order valence-corrected chi connectivity index (χ2v) is 5.29. The van der Waals surface area contributed by atoms with Crippen molar-refractivity contribution in [2.45, 2.75) is 46.3 Å². The average Bonchev–Trinajstić information content (AvgIpc) is 2.91. The molecular formula is C14H21ClN4O. The molecule has 2 heterocycles. The van der Waals surface area contributed by atoms with Crippen molar-refractivity contribution in [3.8, 4) is 0 Å². The zero-order valence-corrected chi connectivity index (χ0v) is 13.1. The van der Waals surface area contributed by atoms with E-state index in [0.29, 0.717) is 17.1 Å². The molecule has 1 atom stereocenters. The van der Waals surface area contributed by atoms with Gasteiger partial charge < -0.3 is 5.11 Å². The highest BCUT2D eigenvalue weighted by Crippen LogP contribution is 2.28. The van der Waals surface area contributed by atoms with Crippen molar-refractivity contribution in [2.75, 3.05) is 0 Å². The fourth-order valence-corrected chi connectivity index (χ4v) is 2.75. The molecule has 0 radical (unpaired) electrons. The molecule has 20 heavy (non-hydrogen) atoms. The molecule has 6 heteroatoms. The van der Waals surface area contributed by atoms with E-state index in [9.17, 15) is 5.11 Å². The highest BCUT2D eigenvalue weighted by molar-refractivity contribution is 6.30. The summed E-state index contributed by atoms with van der Waals surface area (Å²) in [6, 6.07) is 2.05. The van der Waals surface area contributed by atoms with Gasteiger partial charge in [0.15, 0.2) is 0 Å². The summed E-state index contributed by atoms with van der Waals surface area (Å²) in [4.78, 5) is 0. The van der Waals surface area contributed by atoms with Gasteiger partial charge in [-0.15, -0.1) is 0 Å². The number of halogens is 1. The molecule has 0 amide bonds. The van der Waals surface area contributed by atoms with Gasteiger partial charge in [-0.05, 0) is 26.3 Å². The molecule has 1 unspecified atom stereocenters. The van der Waals surface area contributed by atoms with Crippen molar-refractivity contribution in [1.82, 2.24) is 19.6 Å². The third-order valence-corrected chi connectivity index (χ3v) is 3.96. The van der Waals surface area contributed by atoms with Crippen molar-refractivity contribution in [1.29, 1.82) is 0 Å². The maximum Gasteiger partial charge on any atom is 0.132 e. The zero-order valence-electron chi connectivity index (χ0n) is 12.4. The quantitative estimate of drug-likeness (QED) is 0.922. The van der Waals surface area contributed by atoms with Crippen LogP contribution in [0.4, 0.5) is 0 Å². The number of aliphatic hydroxyl groups is 1. The van der Waals surface area contributed by atoms with Gasteiger partial charge in [-0.3, -0.25) is 9.36 Å². The van der Waals surface area contributed by atoms with E-state index in [1.165, 1.54) is 0 Å². The first-order valence-electron chi connectivity index (χ1n) is 6.90. The summed E-state index contributed by atoms with van der Waals surface area (Å²) in [7, 11) is 1.77. The summed E-state index contributed by atoms with van der Waals surface area (Å²) in [5, 5.41) is 19.7. The van der Waals surface area contributed by atoms with E-state index < -0.39 is 6.10 Å². The topological polar surface area (TPSA) is 55.9 Å². The van der Waals surface area contributed by atoms with E-state index in [-0.39, 0.29) is 0 Å². The molecular weight excluding hydrogens is 276 g/mol. The lowest BCUT2D eigenvalue weighted by Gasteiger charge is -2.11. The molecule has 0 aliphatic carbocycles. The minimum atomic E-state index is -0.664. The smallest absolute Gasteiger partial charge is 0.132 e. The highest BCUT2D eigenvalue weighted by Gasteiger charge is 2.21. The Labute approximate surface area is 124 Å². The van der Waals surface area contributed by atoms with E-state index in [4.69, 9.17) is 11.6 Å². The molecule has 110 valence electrons. The Bertz CT molecular complexity index is 603. The van der Waals surface area contributed by atoms with Crippen LogP contribution in [0.25, 0.3) is 0 Å². The number of nitrogens with zero attached hydrogens (tertiary/aromatic N) is 4. The molecule has 0 bridgehead atoms. The molecule has 0 aliphatic rings. The lowest BCUT2D eigenvalue weighted by molar-refractivity contribution is 0.174. The van der Waals surface area contributed by atoms with Crippen LogP contribution in [-0.4, -0.2) is 24.7 Å². The maximum absolute atomic E-state index is 10.5. The maximum atomic E-state index is 10.5. The number of rotatable bonds is 5. The number of aromatic nitrogens is 4. The van der Waals surface area contributed by atoms with Crippen LogP contribution in [0.1, 0.15) is 42.6 Å². The van der Waals surface area contributed by atoms with Crippen molar-refractivity contribution < 1.29 is 5.11 Å². The molecule has 0 fully saturated rings. The second-order valence-electron chi connectivity index (χ2n) is 4.93. The summed E-state index contributed by atoms with van der Waals surface area (Å²) in [6.45, 7) is 6.77. The van der Waals surface area contributed by atoms with E-state index in [0.717, 1.165) is 30.0 Å². The Kier molecular flexibility index (Phi) is 4.50. The molecule has 0 aliphatic heterocycles. The van der Waals surface area contributed by atoms with Crippen LogP contribution >= 0.6 is 11.6 Å². The first kappa shape index (κ1) is 15.1. The molecule has 2 rings (SSSR count). The fourth-order valence-electron chi connectivity index (χ4n) is 2.45. The lowest BCUT2D eigenvalue weighted by atomic mass is 10.1. The van der Waals surface area contributed by atoms with E-state index in [1.54, 1.807) is 11.7 Å². The number of hydrogen-bond acceptors (Lipinski definition) is 3. The van der Waals surface area contributed by atoms with Gasteiger partial charge in [0.25, 0.3) is 0 Å². The fraction of sp³-hybridized carbons (Fsp3) is 0.571. The van der Waals surface area contributed by atoms with E-state index in [1.807, 2.05) is 24.6 Å². The summed E-state index contributed by atoms with van der Waals surface area (Å²) in [5.74, 6) is 0. The van der Waals surface area contributed by atoms with Crippen LogP contribution in [0.5, 0.6) is 0 Å². The first-order chi connectivity index (χ1) is 9.47. The summed E-state index contributed by atoms with van der Waals surface area (Å²) >= 11 is 6.20. The largest absolute Gasteiger partial charge is 0.388 e. The number of aliphatic hydroxyl groups excluding tert-OH is 1. The molecule has 5 nitrogen and oxygen atoms in total. The summed E-state index contributed by atoms with van der Waals surface area (Å²) in [6.07, 6.45) is 0.721. The summed E-state index contributed by atoms with van der Waals surface area (Å²) < 4.78 is 3.52. The van der Waals surface area contributed by atoms with Gasteiger partial charge in [0.1, 0.15) is 5.15 Å². The molecule has 2 aromatic heterocycles. The van der Waals surface area contributed by atoms with Gasteiger partial charge in [-0.2, -0.15) is 10.2 Å². The third kappa shape index (κ3) is 2.74. The predicted octanol–water partition coefficient (Wildman–Crippen LogP) is 2.44. The standard InChI is InChI=1S/C14H21ClN4O/c1-5-10-7-11(19(6-2)17-10)8-12(20)13-9(3)16-18(4)14(13)15/h7,12,20H,5-6,8H2,1-4H3. The first-order valence-corrected chi connectivity index (χ1v) is 7.28. The highest BCUT2D eigenvalue weighted by atomic mass is 35.5. The van der Waals surface area contributed by atoms with Gasteiger partial charge in [0.2, 0.25) is 0 Å². The molecule has 0 spiro atoms. The third-order valence-electron chi connectivity index (χ3n) is 3.51. The van der Waals surface area contributed by atoms with Gasteiger partial charge in [-0.25, -0.2) is 0 Å². The van der Waals surface area contributed by atoms with Crippen molar-refractivity contribution in [3.05, 3.63) is 33.9 Å². The van der Waals surface area contributed by atoms with Gasteiger partial charge >= 0.3 is 0 Å². The Balaban J connectivity index is 2.27. The second kappa shape index (κ2) is 5.97. The van der Waals surface area contributed by atoms with Gasteiger partial charge in [-0.1, -0.05) is 18.5 Å². The molecule has 0 saturated heterocycles. The normalized spacial score (nSPS) is 12.9. The van der Waals surface area contributed by atoms with Crippen LogP contribution in [-0.2, 0) is 26.4 Å². The average molecular weight is 297 g/mol. The number of aryl methyl sites for hydroxylation is 4. The van der Waals surface area contributed by atoms with Crippen molar-refractivity contribution in [2.24, 2.45) is 7.05 Å². The molecule has 0 aromatic carbocycles. The lowest BCUT2D eigenvalue weighted by Crippen LogP contribution is -2.09. The van der Waals surface area contributed by atoms with Crippen LogP contribution < -0.4 is 0 Å². The van der Waals surface area contributed by atoms with Crippen LogP contribution in [0, 0.1) is 6.92 Å². The SMILES string of the molecule is CCc1cc(CC(O)c2c(C)nn(C)c2Cl)n(CC)n1. The summed E-state index contributed by atoms with van der Waals surface area (Å²) in [5.41, 5.74) is 3.54.